The van der Waals surface area contributed by atoms with Crippen LogP contribution in [0.25, 0.3) is 10.2 Å². The van der Waals surface area contributed by atoms with Crippen LogP contribution in [0.4, 0.5) is 24.5 Å². The fourth-order valence-corrected chi connectivity index (χ4v) is 4.13. The second-order valence-corrected chi connectivity index (χ2v) is 8.09. The Morgan fingerprint density at radius 2 is 1.93 bits per heavy atom. The molecule has 1 unspecified atom stereocenters. The molecule has 1 fully saturated rings. The van der Waals surface area contributed by atoms with Gasteiger partial charge in [-0.15, -0.1) is 11.3 Å². The minimum Gasteiger partial charge on any atom is -0.326 e. The Balaban J connectivity index is 1.46. The molecular weight excluding hydrogens is 403 g/mol. The molecule has 150 valence electrons. The maximum absolute atomic E-state index is 12.6. The van der Waals surface area contributed by atoms with Gasteiger partial charge in [-0.3, -0.25) is 9.59 Å². The van der Waals surface area contributed by atoms with E-state index in [1.165, 1.54) is 12.1 Å². The van der Waals surface area contributed by atoms with E-state index in [4.69, 9.17) is 0 Å². The van der Waals surface area contributed by atoms with Gasteiger partial charge in [0.1, 0.15) is 0 Å². The smallest absolute Gasteiger partial charge is 0.326 e. The van der Waals surface area contributed by atoms with Gasteiger partial charge in [-0.2, -0.15) is 13.2 Å². The number of hydrogen-bond acceptors (Lipinski definition) is 4. The number of aromatic nitrogens is 1. The molecule has 2 amide bonds. The van der Waals surface area contributed by atoms with Gasteiger partial charge in [0.15, 0.2) is 0 Å². The lowest BCUT2D eigenvalue weighted by Crippen LogP contribution is -2.28. The lowest BCUT2D eigenvalue weighted by atomic mass is 10.1. The highest BCUT2D eigenvalue weighted by atomic mass is 32.1. The van der Waals surface area contributed by atoms with Gasteiger partial charge in [0.2, 0.25) is 11.8 Å². The summed E-state index contributed by atoms with van der Waals surface area (Å²) in [7, 11) is 0. The van der Waals surface area contributed by atoms with E-state index >= 15 is 0 Å². The summed E-state index contributed by atoms with van der Waals surface area (Å²) in [5, 5.41) is 3.52. The number of halogens is 3. The zero-order chi connectivity index (χ0) is 20.8. The van der Waals surface area contributed by atoms with Crippen LogP contribution < -0.4 is 10.2 Å². The molecule has 1 aliphatic rings. The number of fused-ring (bicyclic) bond motifs is 1. The molecule has 0 saturated carbocycles. The van der Waals surface area contributed by atoms with E-state index < -0.39 is 23.6 Å². The lowest BCUT2D eigenvalue weighted by Gasteiger charge is -2.17. The summed E-state index contributed by atoms with van der Waals surface area (Å²) < 4.78 is 38.9. The molecule has 2 aromatic carbocycles. The number of rotatable bonds is 3. The van der Waals surface area contributed by atoms with E-state index in [0.717, 1.165) is 27.4 Å². The van der Waals surface area contributed by atoms with E-state index in [1.807, 2.05) is 25.1 Å². The van der Waals surface area contributed by atoms with Gasteiger partial charge in [-0.25, -0.2) is 4.98 Å². The summed E-state index contributed by atoms with van der Waals surface area (Å²) >= 11 is 1.56. The van der Waals surface area contributed by atoms with E-state index in [1.54, 1.807) is 16.2 Å². The Hall–Kier alpha value is -2.94. The average molecular weight is 419 g/mol. The van der Waals surface area contributed by atoms with Crippen molar-refractivity contribution >= 4 is 44.7 Å². The van der Waals surface area contributed by atoms with Gasteiger partial charge < -0.3 is 10.2 Å². The summed E-state index contributed by atoms with van der Waals surface area (Å²) in [5.74, 6) is -1.16. The molecule has 0 bridgehead atoms. The summed E-state index contributed by atoms with van der Waals surface area (Å²) in [5.41, 5.74) is 0.951. The monoisotopic (exact) mass is 419 g/mol. The summed E-state index contributed by atoms with van der Waals surface area (Å²) in [6, 6.07) is 9.78. The van der Waals surface area contributed by atoms with Crippen LogP contribution in [-0.4, -0.2) is 23.3 Å². The van der Waals surface area contributed by atoms with Crippen molar-refractivity contribution < 1.29 is 22.8 Å². The molecule has 1 N–H and O–H groups in total. The van der Waals surface area contributed by atoms with Crippen LogP contribution in [0.1, 0.15) is 17.0 Å². The predicted octanol–water partition coefficient (Wildman–Crippen LogP) is 4.62. The number of hydrogen-bond donors (Lipinski definition) is 1. The van der Waals surface area contributed by atoms with Crippen molar-refractivity contribution in [3.63, 3.8) is 0 Å². The number of nitrogens with zero attached hydrogens (tertiary/aromatic N) is 2. The van der Waals surface area contributed by atoms with Crippen molar-refractivity contribution in [1.29, 1.82) is 0 Å². The Kier molecular flexibility index (Phi) is 4.77. The summed E-state index contributed by atoms with van der Waals surface area (Å²) in [6.07, 6.45) is -4.39. The van der Waals surface area contributed by atoms with Gasteiger partial charge in [0, 0.05) is 24.3 Å². The molecule has 3 aromatic rings. The van der Waals surface area contributed by atoms with Crippen molar-refractivity contribution in [2.24, 2.45) is 5.92 Å². The molecule has 1 aliphatic heterocycles. The SMILES string of the molecule is Cc1nc2cc(N3CC(C(=O)Nc4ccc(C(F)(F)F)cc4)CC3=O)ccc2s1. The molecule has 2 heterocycles. The maximum Gasteiger partial charge on any atom is 0.416 e. The van der Waals surface area contributed by atoms with E-state index in [0.29, 0.717) is 5.69 Å². The van der Waals surface area contributed by atoms with Crippen molar-refractivity contribution in [2.45, 2.75) is 19.5 Å². The number of nitrogens with one attached hydrogen (secondary N) is 1. The third-order valence-corrected chi connectivity index (χ3v) is 5.72. The van der Waals surface area contributed by atoms with Crippen molar-refractivity contribution in [1.82, 2.24) is 4.98 Å². The lowest BCUT2D eigenvalue weighted by molar-refractivity contribution is -0.137. The second kappa shape index (κ2) is 7.14. The van der Waals surface area contributed by atoms with Crippen molar-refractivity contribution in [3.05, 3.63) is 53.0 Å². The number of thiazole rings is 1. The highest BCUT2D eigenvalue weighted by Crippen LogP contribution is 2.32. The maximum atomic E-state index is 12.6. The third kappa shape index (κ3) is 3.95. The molecule has 0 spiro atoms. The Bertz CT molecular complexity index is 1090. The minimum absolute atomic E-state index is 0.0423. The summed E-state index contributed by atoms with van der Waals surface area (Å²) in [6.45, 7) is 2.12. The normalized spacial score (nSPS) is 17.2. The van der Waals surface area contributed by atoms with Gasteiger partial charge in [0.05, 0.1) is 26.7 Å². The predicted molar refractivity (Wildman–Crippen MR) is 105 cm³/mol. The molecule has 29 heavy (non-hydrogen) atoms. The topological polar surface area (TPSA) is 62.3 Å². The van der Waals surface area contributed by atoms with Crippen LogP contribution in [0.3, 0.4) is 0 Å². The molecule has 1 saturated heterocycles. The fraction of sp³-hybridized carbons (Fsp3) is 0.250. The molecule has 1 aromatic heterocycles. The van der Waals surface area contributed by atoms with Crippen LogP contribution in [0.2, 0.25) is 0 Å². The fourth-order valence-electron chi connectivity index (χ4n) is 3.32. The first kappa shape index (κ1) is 19.4. The zero-order valence-electron chi connectivity index (χ0n) is 15.3. The van der Waals surface area contributed by atoms with E-state index in [9.17, 15) is 22.8 Å². The van der Waals surface area contributed by atoms with Crippen molar-refractivity contribution in [2.75, 3.05) is 16.8 Å². The Morgan fingerprint density at radius 1 is 1.21 bits per heavy atom. The van der Waals surface area contributed by atoms with Crippen LogP contribution in [-0.2, 0) is 15.8 Å². The first-order valence-corrected chi connectivity index (χ1v) is 9.68. The highest BCUT2D eigenvalue weighted by Gasteiger charge is 2.35. The summed E-state index contributed by atoms with van der Waals surface area (Å²) in [4.78, 5) is 30.9. The Labute approximate surface area is 168 Å². The van der Waals surface area contributed by atoms with E-state index in [2.05, 4.69) is 10.3 Å². The average Bonchev–Trinajstić information content (AvgIpc) is 3.22. The molecule has 9 heteroatoms. The van der Waals surface area contributed by atoms with Gasteiger partial charge in [-0.05, 0) is 49.4 Å². The minimum atomic E-state index is -4.43. The largest absolute Gasteiger partial charge is 0.416 e. The van der Waals surface area contributed by atoms with Crippen LogP contribution in [0, 0.1) is 12.8 Å². The molecule has 1 atom stereocenters. The number of anilines is 2. The number of carbonyl (C=O) groups is 2. The number of aryl methyl sites for hydroxylation is 1. The van der Waals surface area contributed by atoms with E-state index in [-0.39, 0.29) is 24.6 Å². The number of carbonyl (C=O) groups excluding carboxylic acids is 2. The van der Waals surface area contributed by atoms with Crippen LogP contribution in [0.5, 0.6) is 0 Å². The molecule has 0 aliphatic carbocycles. The highest BCUT2D eigenvalue weighted by molar-refractivity contribution is 7.18. The molecular formula is C20H16F3N3O2S. The number of benzene rings is 2. The standard InChI is InChI=1S/C20H16F3N3O2S/c1-11-24-16-9-15(6-7-17(16)29-11)26-10-12(8-18(26)27)19(28)25-14-4-2-13(3-5-14)20(21,22)23/h2-7,9,12H,8,10H2,1H3,(H,25,28). The second-order valence-electron chi connectivity index (χ2n) is 6.85. The number of alkyl halides is 3. The molecule has 5 nitrogen and oxygen atoms in total. The molecule has 4 rings (SSSR count). The van der Waals surface area contributed by atoms with Crippen molar-refractivity contribution in [3.8, 4) is 0 Å². The van der Waals surface area contributed by atoms with Gasteiger partial charge >= 0.3 is 6.18 Å². The zero-order valence-corrected chi connectivity index (χ0v) is 16.1. The number of amides is 2. The van der Waals surface area contributed by atoms with Crippen LogP contribution in [0.15, 0.2) is 42.5 Å². The first-order chi connectivity index (χ1) is 13.7. The van der Waals surface area contributed by atoms with Gasteiger partial charge in [0.25, 0.3) is 0 Å². The quantitative estimate of drug-likeness (QED) is 0.674. The molecule has 0 radical (unpaired) electrons. The third-order valence-electron chi connectivity index (χ3n) is 4.77. The first-order valence-electron chi connectivity index (χ1n) is 8.86. The Morgan fingerprint density at radius 3 is 2.62 bits per heavy atom. The van der Waals surface area contributed by atoms with Crippen LogP contribution >= 0.6 is 11.3 Å². The van der Waals surface area contributed by atoms with Gasteiger partial charge in [-0.1, -0.05) is 0 Å².